The van der Waals surface area contributed by atoms with E-state index < -0.39 is 0 Å². The van der Waals surface area contributed by atoms with Gasteiger partial charge in [0.05, 0.1) is 0 Å². The molecule has 0 amide bonds. The summed E-state index contributed by atoms with van der Waals surface area (Å²) < 4.78 is 1.15. The van der Waals surface area contributed by atoms with E-state index in [4.69, 9.17) is 5.73 Å². The van der Waals surface area contributed by atoms with Crippen LogP contribution < -0.4 is 5.73 Å². The Morgan fingerprint density at radius 3 is 2.53 bits per heavy atom. The first-order valence-corrected chi connectivity index (χ1v) is 7.11. The fourth-order valence-electron chi connectivity index (χ4n) is 2.03. The van der Waals surface area contributed by atoms with E-state index in [-0.39, 0.29) is 6.04 Å². The summed E-state index contributed by atoms with van der Waals surface area (Å²) in [7, 11) is 0. The topological polar surface area (TPSA) is 26.0 Å². The summed E-state index contributed by atoms with van der Waals surface area (Å²) in [5, 5.41) is 0. The van der Waals surface area contributed by atoms with Crippen molar-refractivity contribution in [2.45, 2.75) is 53.0 Å². The van der Waals surface area contributed by atoms with Gasteiger partial charge in [-0.25, -0.2) is 0 Å². The Bertz CT molecular complexity index is 366. The Balaban J connectivity index is 2.58. The summed E-state index contributed by atoms with van der Waals surface area (Å²) in [6.45, 7) is 8.97. The van der Waals surface area contributed by atoms with Crippen LogP contribution >= 0.6 is 15.9 Å². The molecule has 0 aliphatic carbocycles. The maximum Gasteiger partial charge on any atom is 0.0297 e. The third kappa shape index (κ3) is 4.81. The van der Waals surface area contributed by atoms with E-state index in [1.165, 1.54) is 24.0 Å². The van der Waals surface area contributed by atoms with E-state index in [0.29, 0.717) is 5.41 Å². The summed E-state index contributed by atoms with van der Waals surface area (Å²) >= 11 is 3.56. The molecule has 1 rings (SSSR count). The molecule has 0 bridgehead atoms. The van der Waals surface area contributed by atoms with E-state index in [1.807, 2.05) is 0 Å². The van der Waals surface area contributed by atoms with Crippen molar-refractivity contribution in [3.63, 3.8) is 0 Å². The van der Waals surface area contributed by atoms with Gasteiger partial charge >= 0.3 is 0 Å². The Kier molecular flexibility index (Phi) is 5.21. The molecule has 2 N–H and O–H groups in total. The maximum absolute atomic E-state index is 6.27. The zero-order valence-electron chi connectivity index (χ0n) is 11.4. The van der Waals surface area contributed by atoms with Gasteiger partial charge in [-0.05, 0) is 42.4 Å². The number of benzene rings is 1. The van der Waals surface area contributed by atoms with E-state index >= 15 is 0 Å². The highest BCUT2D eigenvalue weighted by Crippen LogP contribution is 2.28. The lowest BCUT2D eigenvalue weighted by Crippen LogP contribution is -2.13. The van der Waals surface area contributed by atoms with Crippen molar-refractivity contribution >= 4 is 15.9 Å². The lowest BCUT2D eigenvalue weighted by Gasteiger charge is -2.20. The molecule has 1 aromatic carbocycles. The van der Waals surface area contributed by atoms with Gasteiger partial charge < -0.3 is 5.73 Å². The van der Waals surface area contributed by atoms with Crippen molar-refractivity contribution in [1.82, 2.24) is 0 Å². The van der Waals surface area contributed by atoms with Crippen molar-refractivity contribution < 1.29 is 0 Å². The molecular weight excluding hydrogens is 274 g/mol. The molecule has 17 heavy (non-hydrogen) atoms. The van der Waals surface area contributed by atoms with Gasteiger partial charge in [-0.2, -0.15) is 0 Å². The summed E-state index contributed by atoms with van der Waals surface area (Å²) in [5.74, 6) is 0. The molecule has 0 fully saturated rings. The van der Waals surface area contributed by atoms with E-state index in [1.54, 1.807) is 0 Å². The molecular formula is C15H24BrN. The summed E-state index contributed by atoms with van der Waals surface area (Å²) in [6, 6.07) is 6.44. The smallest absolute Gasteiger partial charge is 0.0297 e. The molecule has 0 saturated heterocycles. The first kappa shape index (κ1) is 14.7. The second-order valence-electron chi connectivity index (χ2n) is 6.01. The predicted octanol–water partition coefficient (Wildman–Crippen LogP) is 4.97. The van der Waals surface area contributed by atoms with Crippen LogP contribution in [0.1, 0.15) is 57.2 Å². The molecule has 0 aromatic heterocycles. The SMILES string of the molecule is Cc1c(Br)cccc1C(N)CCCC(C)(C)C. The third-order valence-electron chi connectivity index (χ3n) is 3.15. The molecule has 1 nitrogen and oxygen atoms in total. The van der Waals surface area contributed by atoms with Crippen LogP contribution in [-0.4, -0.2) is 0 Å². The number of hydrogen-bond donors (Lipinski definition) is 1. The average Bonchev–Trinajstić information content (AvgIpc) is 2.20. The van der Waals surface area contributed by atoms with Crippen LogP contribution in [0.25, 0.3) is 0 Å². The van der Waals surface area contributed by atoms with E-state index in [2.05, 4.69) is 61.8 Å². The number of hydrogen-bond acceptors (Lipinski definition) is 1. The average molecular weight is 298 g/mol. The lowest BCUT2D eigenvalue weighted by atomic mass is 9.88. The van der Waals surface area contributed by atoms with Crippen molar-refractivity contribution in [1.29, 1.82) is 0 Å². The van der Waals surface area contributed by atoms with E-state index in [9.17, 15) is 0 Å². The minimum absolute atomic E-state index is 0.162. The number of nitrogens with two attached hydrogens (primary N) is 1. The quantitative estimate of drug-likeness (QED) is 0.834. The van der Waals surface area contributed by atoms with Crippen LogP contribution in [0.5, 0.6) is 0 Å². The van der Waals surface area contributed by atoms with Gasteiger partial charge in [0.1, 0.15) is 0 Å². The number of halogens is 1. The van der Waals surface area contributed by atoms with Gasteiger partial charge in [0.25, 0.3) is 0 Å². The Morgan fingerprint density at radius 1 is 1.29 bits per heavy atom. The highest BCUT2D eigenvalue weighted by molar-refractivity contribution is 9.10. The van der Waals surface area contributed by atoms with Crippen molar-refractivity contribution in [3.05, 3.63) is 33.8 Å². The van der Waals surface area contributed by atoms with Gasteiger partial charge in [0.2, 0.25) is 0 Å². The largest absolute Gasteiger partial charge is 0.324 e. The molecule has 1 atom stereocenters. The van der Waals surface area contributed by atoms with Gasteiger partial charge in [0.15, 0.2) is 0 Å². The zero-order chi connectivity index (χ0) is 13.1. The fourth-order valence-corrected chi connectivity index (χ4v) is 2.42. The van der Waals surface area contributed by atoms with Crippen LogP contribution in [0.3, 0.4) is 0 Å². The normalized spacial score (nSPS) is 13.8. The Hall–Kier alpha value is -0.340. The van der Waals surface area contributed by atoms with E-state index in [0.717, 1.165) is 10.9 Å². The predicted molar refractivity (Wildman–Crippen MR) is 79.1 cm³/mol. The van der Waals surface area contributed by atoms with Crippen molar-refractivity contribution in [3.8, 4) is 0 Å². The van der Waals surface area contributed by atoms with Crippen LogP contribution in [0, 0.1) is 12.3 Å². The summed E-state index contributed by atoms with van der Waals surface area (Å²) in [5.41, 5.74) is 9.23. The van der Waals surface area contributed by atoms with Crippen LogP contribution in [0.4, 0.5) is 0 Å². The highest BCUT2D eigenvalue weighted by Gasteiger charge is 2.13. The summed E-state index contributed by atoms with van der Waals surface area (Å²) in [6.07, 6.45) is 3.49. The van der Waals surface area contributed by atoms with Crippen LogP contribution in [0.2, 0.25) is 0 Å². The zero-order valence-corrected chi connectivity index (χ0v) is 13.0. The highest BCUT2D eigenvalue weighted by atomic mass is 79.9. The van der Waals surface area contributed by atoms with Gasteiger partial charge in [-0.15, -0.1) is 0 Å². The standard InChI is InChI=1S/C15H24BrN/c1-11-12(7-5-8-13(11)16)14(17)9-6-10-15(2,3)4/h5,7-8,14H,6,9-10,17H2,1-4H3. The second-order valence-corrected chi connectivity index (χ2v) is 6.87. The summed E-state index contributed by atoms with van der Waals surface area (Å²) in [4.78, 5) is 0. The molecule has 0 radical (unpaired) electrons. The molecule has 0 spiro atoms. The third-order valence-corrected chi connectivity index (χ3v) is 4.01. The molecule has 96 valence electrons. The number of rotatable bonds is 4. The maximum atomic E-state index is 6.27. The monoisotopic (exact) mass is 297 g/mol. The minimum atomic E-state index is 0.162. The fraction of sp³-hybridized carbons (Fsp3) is 0.600. The molecule has 0 aliphatic rings. The molecule has 1 aromatic rings. The molecule has 1 unspecified atom stereocenters. The van der Waals surface area contributed by atoms with Gasteiger partial charge in [0, 0.05) is 10.5 Å². The Labute approximate surface area is 114 Å². The second kappa shape index (κ2) is 6.01. The minimum Gasteiger partial charge on any atom is -0.324 e. The van der Waals surface area contributed by atoms with Gasteiger partial charge in [-0.3, -0.25) is 0 Å². The molecule has 0 saturated carbocycles. The van der Waals surface area contributed by atoms with Crippen molar-refractivity contribution in [2.24, 2.45) is 11.1 Å². The van der Waals surface area contributed by atoms with Crippen LogP contribution in [0.15, 0.2) is 22.7 Å². The van der Waals surface area contributed by atoms with Crippen molar-refractivity contribution in [2.75, 3.05) is 0 Å². The molecule has 0 aliphatic heterocycles. The first-order valence-electron chi connectivity index (χ1n) is 6.32. The molecule has 0 heterocycles. The van der Waals surface area contributed by atoms with Gasteiger partial charge in [-0.1, -0.05) is 55.3 Å². The Morgan fingerprint density at radius 2 is 1.94 bits per heavy atom. The first-order chi connectivity index (χ1) is 7.81. The van der Waals surface area contributed by atoms with Crippen LogP contribution in [-0.2, 0) is 0 Å². The molecule has 2 heteroatoms. The lowest BCUT2D eigenvalue weighted by molar-refractivity contribution is 0.353.